The molecular weight excluding hydrogens is 412 g/mol. The molecule has 3 rings (SSSR count). The molecule has 8 heteroatoms. The molecule has 0 aliphatic heterocycles. The maximum atomic E-state index is 12.8. The van der Waals surface area contributed by atoms with Crippen LogP contribution in [0.5, 0.6) is 17.2 Å². The van der Waals surface area contributed by atoms with Gasteiger partial charge in [0.25, 0.3) is 0 Å². The summed E-state index contributed by atoms with van der Waals surface area (Å²) in [5.74, 6) is 1.12. The fourth-order valence-electron chi connectivity index (χ4n) is 3.60. The number of hydrogen-bond acceptors (Lipinski definition) is 6. The summed E-state index contributed by atoms with van der Waals surface area (Å²) in [5, 5.41) is 0. The number of nitrogens with one attached hydrogen (secondary N) is 2. The second kappa shape index (κ2) is 9.38. The summed E-state index contributed by atoms with van der Waals surface area (Å²) in [6.45, 7) is 5.54. The molecule has 1 aliphatic rings. The second-order valence-electron chi connectivity index (χ2n) is 8.70. The monoisotopic (exact) mass is 442 g/mol. The van der Waals surface area contributed by atoms with Crippen molar-refractivity contribution >= 4 is 12.0 Å². The fourth-order valence-corrected chi connectivity index (χ4v) is 3.60. The van der Waals surface area contributed by atoms with E-state index in [1.807, 2.05) is 30.3 Å². The molecule has 0 saturated heterocycles. The molecule has 0 heterocycles. The van der Waals surface area contributed by atoms with Gasteiger partial charge in [0.15, 0.2) is 11.5 Å². The van der Waals surface area contributed by atoms with Gasteiger partial charge in [-0.2, -0.15) is 0 Å². The van der Waals surface area contributed by atoms with Gasteiger partial charge in [0, 0.05) is 11.5 Å². The molecule has 2 aromatic rings. The van der Waals surface area contributed by atoms with E-state index in [0.29, 0.717) is 23.7 Å². The maximum absolute atomic E-state index is 12.8. The summed E-state index contributed by atoms with van der Waals surface area (Å²) in [6, 6.07) is 15.1. The summed E-state index contributed by atoms with van der Waals surface area (Å²) in [6.07, 6.45) is -0.120. The minimum Gasteiger partial charge on any atom is -0.493 e. The molecule has 8 nitrogen and oxygen atoms in total. The predicted octanol–water partition coefficient (Wildman–Crippen LogP) is 3.60. The summed E-state index contributed by atoms with van der Waals surface area (Å²) in [4.78, 5) is 24.7. The lowest BCUT2D eigenvalue weighted by atomic mass is 9.94. The van der Waals surface area contributed by atoms with Crippen LogP contribution < -0.4 is 25.1 Å². The SMILES string of the molecule is COc1ccc(OCC2(c3ccccc3)CC2C(=O)NNC(=O)OC(C)(C)C)cc1OC. The first-order chi connectivity index (χ1) is 15.2. The lowest BCUT2D eigenvalue weighted by Crippen LogP contribution is -2.46. The third-order valence-electron chi connectivity index (χ3n) is 5.28. The molecule has 0 radical (unpaired) electrons. The number of carbonyl (C=O) groups is 2. The zero-order valence-electron chi connectivity index (χ0n) is 19.1. The number of benzene rings is 2. The van der Waals surface area contributed by atoms with Gasteiger partial charge in [0.1, 0.15) is 11.4 Å². The molecule has 172 valence electrons. The van der Waals surface area contributed by atoms with E-state index in [0.717, 1.165) is 5.56 Å². The Morgan fingerprint density at radius 1 is 1.00 bits per heavy atom. The highest BCUT2D eigenvalue weighted by atomic mass is 16.6. The second-order valence-corrected chi connectivity index (χ2v) is 8.70. The highest BCUT2D eigenvalue weighted by Gasteiger charge is 2.60. The van der Waals surface area contributed by atoms with Crippen molar-refractivity contribution < 1.29 is 28.5 Å². The topological polar surface area (TPSA) is 95.1 Å². The lowest BCUT2D eigenvalue weighted by Gasteiger charge is -2.21. The quantitative estimate of drug-likeness (QED) is 0.637. The Kier molecular flexibility index (Phi) is 6.81. The average Bonchev–Trinajstić information content (AvgIpc) is 3.51. The summed E-state index contributed by atoms with van der Waals surface area (Å²) in [5.41, 5.74) is 4.62. The van der Waals surface area contributed by atoms with Crippen LogP contribution in [0.4, 0.5) is 4.79 Å². The van der Waals surface area contributed by atoms with Gasteiger partial charge >= 0.3 is 6.09 Å². The largest absolute Gasteiger partial charge is 0.493 e. The van der Waals surface area contributed by atoms with Crippen molar-refractivity contribution in [1.29, 1.82) is 0 Å². The van der Waals surface area contributed by atoms with Crippen molar-refractivity contribution in [2.45, 2.75) is 38.2 Å². The molecule has 0 aromatic heterocycles. The molecule has 0 bridgehead atoms. The Labute approximate surface area is 188 Å². The van der Waals surface area contributed by atoms with Crippen molar-refractivity contribution in [2.24, 2.45) is 5.92 Å². The average molecular weight is 443 g/mol. The summed E-state index contributed by atoms with van der Waals surface area (Å²) in [7, 11) is 3.13. The first-order valence-electron chi connectivity index (χ1n) is 10.4. The van der Waals surface area contributed by atoms with Crippen molar-refractivity contribution in [2.75, 3.05) is 20.8 Å². The van der Waals surface area contributed by atoms with E-state index in [1.165, 1.54) is 0 Å². The first-order valence-corrected chi connectivity index (χ1v) is 10.4. The minimum absolute atomic E-state index is 0.289. The summed E-state index contributed by atoms with van der Waals surface area (Å²) < 4.78 is 21.8. The van der Waals surface area contributed by atoms with Gasteiger partial charge in [-0.1, -0.05) is 30.3 Å². The van der Waals surface area contributed by atoms with Crippen LogP contribution in [0, 0.1) is 5.92 Å². The van der Waals surface area contributed by atoms with E-state index < -0.39 is 17.1 Å². The van der Waals surface area contributed by atoms with Crippen molar-refractivity contribution in [1.82, 2.24) is 10.9 Å². The minimum atomic E-state index is -0.710. The van der Waals surface area contributed by atoms with Crippen molar-refractivity contribution in [3.63, 3.8) is 0 Å². The van der Waals surface area contributed by atoms with E-state index >= 15 is 0 Å². The van der Waals surface area contributed by atoms with Crippen LogP contribution in [0.25, 0.3) is 0 Å². The van der Waals surface area contributed by atoms with Crippen LogP contribution >= 0.6 is 0 Å². The molecule has 0 spiro atoms. The number of rotatable bonds is 7. The summed E-state index contributed by atoms with van der Waals surface area (Å²) >= 11 is 0. The van der Waals surface area contributed by atoms with E-state index in [4.69, 9.17) is 18.9 Å². The van der Waals surface area contributed by atoms with Gasteiger partial charge in [0.2, 0.25) is 5.91 Å². The molecule has 1 saturated carbocycles. The molecule has 2 amide bonds. The van der Waals surface area contributed by atoms with Crippen LogP contribution in [0.3, 0.4) is 0 Å². The molecule has 1 aliphatic carbocycles. The van der Waals surface area contributed by atoms with Crippen LogP contribution in [-0.2, 0) is 14.9 Å². The number of hydrogen-bond donors (Lipinski definition) is 2. The van der Waals surface area contributed by atoms with Crippen LogP contribution in [0.15, 0.2) is 48.5 Å². The number of methoxy groups -OCH3 is 2. The molecule has 2 unspecified atom stereocenters. The van der Waals surface area contributed by atoms with Crippen LogP contribution in [-0.4, -0.2) is 38.4 Å². The van der Waals surface area contributed by atoms with Gasteiger partial charge in [-0.3, -0.25) is 10.2 Å². The van der Waals surface area contributed by atoms with E-state index in [2.05, 4.69) is 10.9 Å². The van der Waals surface area contributed by atoms with Gasteiger partial charge in [-0.15, -0.1) is 0 Å². The zero-order valence-corrected chi connectivity index (χ0v) is 19.1. The number of ether oxygens (including phenoxy) is 4. The van der Waals surface area contributed by atoms with Crippen molar-refractivity contribution in [3.05, 3.63) is 54.1 Å². The number of carbonyl (C=O) groups excluding carboxylic acids is 2. The van der Waals surface area contributed by atoms with Crippen LogP contribution in [0.2, 0.25) is 0 Å². The zero-order chi connectivity index (χ0) is 23.4. The van der Waals surface area contributed by atoms with Gasteiger partial charge in [-0.05, 0) is 44.9 Å². The highest BCUT2D eigenvalue weighted by molar-refractivity contribution is 5.86. The van der Waals surface area contributed by atoms with Crippen LogP contribution in [0.1, 0.15) is 32.8 Å². The Morgan fingerprint density at radius 3 is 2.31 bits per heavy atom. The standard InChI is InChI=1S/C24H30N2O6/c1-23(2,3)32-22(28)26-25-21(27)18-14-24(18,16-9-7-6-8-10-16)15-31-17-11-12-19(29-4)20(13-17)30-5/h6-13,18H,14-15H2,1-5H3,(H,25,27)(H,26,28). The molecule has 2 atom stereocenters. The van der Waals surface area contributed by atoms with Gasteiger partial charge in [-0.25, -0.2) is 10.2 Å². The third-order valence-corrected chi connectivity index (χ3v) is 5.28. The van der Waals surface area contributed by atoms with Gasteiger partial charge < -0.3 is 18.9 Å². The third kappa shape index (κ3) is 5.43. The van der Waals surface area contributed by atoms with Crippen molar-refractivity contribution in [3.8, 4) is 17.2 Å². The normalized spacial score (nSPS) is 19.5. The smallest absolute Gasteiger partial charge is 0.426 e. The Hall–Kier alpha value is -3.42. The molecule has 32 heavy (non-hydrogen) atoms. The highest BCUT2D eigenvalue weighted by Crippen LogP contribution is 2.54. The van der Waals surface area contributed by atoms with E-state index in [1.54, 1.807) is 53.2 Å². The Morgan fingerprint density at radius 2 is 1.69 bits per heavy atom. The molecular formula is C24H30N2O6. The van der Waals surface area contributed by atoms with E-state index in [-0.39, 0.29) is 18.4 Å². The lowest BCUT2D eigenvalue weighted by molar-refractivity contribution is -0.123. The Bertz CT molecular complexity index is 957. The fraction of sp³-hybridized carbons (Fsp3) is 0.417. The maximum Gasteiger partial charge on any atom is 0.426 e. The van der Waals surface area contributed by atoms with E-state index in [9.17, 15) is 9.59 Å². The van der Waals surface area contributed by atoms with Gasteiger partial charge in [0.05, 0.1) is 26.7 Å². The molecule has 2 aromatic carbocycles. The predicted molar refractivity (Wildman–Crippen MR) is 119 cm³/mol. The number of hydrazine groups is 1. The number of amides is 2. The molecule has 1 fully saturated rings. The molecule has 2 N–H and O–H groups in total. The Balaban J connectivity index is 1.70. The first kappa shape index (κ1) is 23.2.